The molecule has 0 aromatic carbocycles. The fraction of sp³-hybridized carbons (Fsp3) is 0.556. The maximum absolute atomic E-state index is 12.1. The van der Waals surface area contributed by atoms with Crippen LogP contribution in [0, 0.1) is 34.5 Å². The third kappa shape index (κ3) is 2.15. The molecule has 0 spiro atoms. The zero-order valence-electron chi connectivity index (χ0n) is 13.2. The van der Waals surface area contributed by atoms with Gasteiger partial charge in [-0.15, -0.1) is 0 Å². The second-order valence-corrected chi connectivity index (χ2v) is 6.95. The van der Waals surface area contributed by atoms with E-state index in [4.69, 9.17) is 0 Å². The molecule has 0 N–H and O–H groups in total. The summed E-state index contributed by atoms with van der Waals surface area (Å²) in [5.41, 5.74) is 0. The highest BCUT2D eigenvalue weighted by Gasteiger charge is 2.48. The van der Waals surface area contributed by atoms with Gasteiger partial charge < -0.3 is 0 Å². The SMILES string of the molecule is N#CC1CC2C(=O)C=CC1N2CCN1C2CC(C#N)C1C=CC2=O. The van der Waals surface area contributed by atoms with Crippen molar-refractivity contribution >= 4 is 11.6 Å². The molecule has 24 heavy (non-hydrogen) atoms. The molecule has 6 heteroatoms. The Bertz CT molecular complexity index is 666. The van der Waals surface area contributed by atoms with Crippen molar-refractivity contribution in [2.24, 2.45) is 11.8 Å². The number of carbonyl (C=O) groups is 2. The summed E-state index contributed by atoms with van der Waals surface area (Å²) in [7, 11) is 0. The largest absolute Gasteiger partial charge is 0.293 e. The first-order valence-corrected chi connectivity index (χ1v) is 8.39. The molecule has 4 aliphatic rings. The molecule has 122 valence electrons. The van der Waals surface area contributed by atoms with E-state index in [2.05, 4.69) is 21.9 Å². The molecule has 6 atom stereocenters. The molecule has 0 radical (unpaired) electrons. The summed E-state index contributed by atoms with van der Waals surface area (Å²) >= 11 is 0. The minimum absolute atomic E-state index is 0.0156. The van der Waals surface area contributed by atoms with Crippen LogP contribution in [0.4, 0.5) is 0 Å². The normalized spacial score (nSPS) is 40.8. The van der Waals surface area contributed by atoms with Crippen LogP contribution < -0.4 is 0 Å². The molecule has 6 nitrogen and oxygen atoms in total. The Morgan fingerprint density at radius 2 is 1.29 bits per heavy atom. The van der Waals surface area contributed by atoms with Gasteiger partial charge in [-0.05, 0) is 25.0 Å². The van der Waals surface area contributed by atoms with Gasteiger partial charge in [-0.25, -0.2) is 0 Å². The van der Waals surface area contributed by atoms with Crippen LogP contribution in [0.3, 0.4) is 0 Å². The average Bonchev–Trinajstić information content (AvgIpc) is 3.01. The summed E-state index contributed by atoms with van der Waals surface area (Å²) in [6.07, 6.45) is 8.05. The Morgan fingerprint density at radius 1 is 0.875 bits per heavy atom. The van der Waals surface area contributed by atoms with Crippen LogP contribution in [0.1, 0.15) is 12.8 Å². The molecular formula is C18H18N4O2. The minimum Gasteiger partial charge on any atom is -0.293 e. The van der Waals surface area contributed by atoms with Crippen molar-refractivity contribution in [1.82, 2.24) is 9.80 Å². The second kappa shape index (κ2) is 5.66. The summed E-state index contributed by atoms with van der Waals surface area (Å²) < 4.78 is 0. The van der Waals surface area contributed by atoms with Gasteiger partial charge in [-0.3, -0.25) is 19.4 Å². The van der Waals surface area contributed by atoms with E-state index in [1.54, 1.807) is 12.2 Å². The molecular weight excluding hydrogens is 304 g/mol. The van der Waals surface area contributed by atoms with Gasteiger partial charge >= 0.3 is 0 Å². The van der Waals surface area contributed by atoms with Crippen molar-refractivity contribution in [3.8, 4) is 12.1 Å². The number of fused-ring (bicyclic) bond motifs is 4. The van der Waals surface area contributed by atoms with Crippen LogP contribution in [0.5, 0.6) is 0 Å². The summed E-state index contributed by atoms with van der Waals surface area (Å²) in [6.45, 7) is 1.27. The van der Waals surface area contributed by atoms with Crippen molar-refractivity contribution in [2.75, 3.05) is 13.1 Å². The van der Waals surface area contributed by atoms with Crippen LogP contribution >= 0.6 is 0 Å². The molecule has 0 aliphatic carbocycles. The highest BCUT2D eigenvalue weighted by Crippen LogP contribution is 2.37. The van der Waals surface area contributed by atoms with Crippen LogP contribution in [-0.2, 0) is 9.59 Å². The van der Waals surface area contributed by atoms with Gasteiger partial charge in [0.2, 0.25) is 0 Å². The minimum atomic E-state index is -0.217. The number of rotatable bonds is 3. The Morgan fingerprint density at radius 3 is 1.67 bits per heavy atom. The first-order chi connectivity index (χ1) is 11.6. The highest BCUT2D eigenvalue weighted by atomic mass is 16.1. The molecule has 6 unspecified atom stereocenters. The lowest BCUT2D eigenvalue weighted by molar-refractivity contribution is -0.121. The molecule has 4 heterocycles. The quantitative estimate of drug-likeness (QED) is 0.749. The molecule has 4 aliphatic heterocycles. The first kappa shape index (κ1) is 15.3. The van der Waals surface area contributed by atoms with Crippen molar-refractivity contribution in [3.63, 3.8) is 0 Å². The number of nitrogens with zero attached hydrogens (tertiary/aromatic N) is 4. The van der Waals surface area contributed by atoms with Gasteiger partial charge in [0, 0.05) is 25.2 Å². The van der Waals surface area contributed by atoms with Gasteiger partial charge in [-0.1, -0.05) is 12.2 Å². The number of hydrogen-bond donors (Lipinski definition) is 0. The van der Waals surface area contributed by atoms with E-state index in [9.17, 15) is 20.1 Å². The molecule has 0 amide bonds. The third-order valence-electron chi connectivity index (χ3n) is 5.87. The monoisotopic (exact) mass is 322 g/mol. The standard InChI is InChI=1S/C18H18N4O2/c19-9-11-7-15-17(23)3-1-13(11)21(15)5-6-22-14-2-4-18(24)16(22)8-12(14)10-20/h1-4,11-16H,5-8H2. The summed E-state index contributed by atoms with van der Waals surface area (Å²) in [5.74, 6) is -0.165. The molecule has 0 aromatic rings. The van der Waals surface area contributed by atoms with Gasteiger partial charge in [0.1, 0.15) is 0 Å². The topological polar surface area (TPSA) is 88.2 Å². The molecule has 2 fully saturated rings. The predicted molar refractivity (Wildman–Crippen MR) is 84.3 cm³/mol. The van der Waals surface area contributed by atoms with Crippen molar-refractivity contribution < 1.29 is 9.59 Å². The van der Waals surface area contributed by atoms with Crippen LogP contribution in [0.2, 0.25) is 0 Å². The van der Waals surface area contributed by atoms with E-state index in [1.807, 2.05) is 12.2 Å². The highest BCUT2D eigenvalue weighted by molar-refractivity contribution is 5.96. The summed E-state index contributed by atoms with van der Waals surface area (Å²) in [5, 5.41) is 18.6. The zero-order valence-corrected chi connectivity index (χ0v) is 13.2. The number of nitriles is 2. The van der Waals surface area contributed by atoms with Crippen LogP contribution in [-0.4, -0.2) is 58.6 Å². The van der Waals surface area contributed by atoms with E-state index < -0.39 is 0 Å². The van der Waals surface area contributed by atoms with Gasteiger partial charge in [0.15, 0.2) is 11.6 Å². The molecule has 4 bridgehead atoms. The molecule has 0 saturated carbocycles. The van der Waals surface area contributed by atoms with Crippen molar-refractivity contribution in [1.29, 1.82) is 10.5 Å². The van der Waals surface area contributed by atoms with E-state index >= 15 is 0 Å². The zero-order chi connectivity index (χ0) is 16.8. The Balaban J connectivity index is 1.50. The maximum Gasteiger partial charge on any atom is 0.172 e. The van der Waals surface area contributed by atoms with E-state index in [1.165, 1.54) is 0 Å². The lowest BCUT2D eigenvalue weighted by atomic mass is 10.0. The van der Waals surface area contributed by atoms with Gasteiger partial charge in [0.05, 0.1) is 36.1 Å². The van der Waals surface area contributed by atoms with E-state index in [-0.39, 0.29) is 47.6 Å². The molecule has 0 aromatic heterocycles. The number of hydrogen-bond acceptors (Lipinski definition) is 6. The Kier molecular flexibility index (Phi) is 3.60. The van der Waals surface area contributed by atoms with Gasteiger partial charge in [-0.2, -0.15) is 10.5 Å². The lowest BCUT2D eigenvalue weighted by Gasteiger charge is -2.35. The average molecular weight is 322 g/mol. The molecule has 2 saturated heterocycles. The third-order valence-corrected chi connectivity index (χ3v) is 5.87. The van der Waals surface area contributed by atoms with Crippen molar-refractivity contribution in [3.05, 3.63) is 24.3 Å². The Hall–Kier alpha value is -2.28. The molecule has 4 rings (SSSR count). The fourth-order valence-electron chi connectivity index (χ4n) is 4.66. The maximum atomic E-state index is 12.1. The number of ketones is 2. The van der Waals surface area contributed by atoms with Crippen LogP contribution in [0.25, 0.3) is 0 Å². The summed E-state index contributed by atoms with van der Waals surface area (Å²) in [6, 6.07) is 4.15. The Labute approximate surface area is 140 Å². The lowest BCUT2D eigenvalue weighted by Crippen LogP contribution is -2.50. The van der Waals surface area contributed by atoms with Gasteiger partial charge in [0.25, 0.3) is 0 Å². The fourth-order valence-corrected chi connectivity index (χ4v) is 4.66. The number of carbonyl (C=O) groups excluding carboxylic acids is 2. The smallest absolute Gasteiger partial charge is 0.172 e. The van der Waals surface area contributed by atoms with E-state index in [0.29, 0.717) is 25.9 Å². The summed E-state index contributed by atoms with van der Waals surface area (Å²) in [4.78, 5) is 28.4. The van der Waals surface area contributed by atoms with Crippen LogP contribution in [0.15, 0.2) is 24.3 Å². The predicted octanol–water partition coefficient (Wildman–Crippen LogP) is 0.430. The second-order valence-electron chi connectivity index (χ2n) is 6.95. The van der Waals surface area contributed by atoms with Crippen molar-refractivity contribution in [2.45, 2.75) is 37.0 Å². The first-order valence-electron chi connectivity index (χ1n) is 8.39. The van der Waals surface area contributed by atoms with E-state index in [0.717, 1.165) is 0 Å².